The van der Waals surface area contributed by atoms with E-state index in [0.29, 0.717) is 12.1 Å². The van der Waals surface area contributed by atoms with Crippen molar-refractivity contribution in [2.24, 2.45) is 0 Å². The number of halogens is 3. The van der Waals surface area contributed by atoms with Crippen molar-refractivity contribution in [3.05, 3.63) is 71.9 Å². The number of hydrogen-bond acceptors (Lipinski definition) is 4. The second-order valence-electron chi connectivity index (χ2n) is 6.87. The lowest BCUT2D eigenvalue weighted by atomic mass is 10.2. The highest BCUT2D eigenvalue weighted by atomic mass is 19.2. The molecule has 2 heterocycles. The Labute approximate surface area is 161 Å². The van der Waals surface area contributed by atoms with Gasteiger partial charge in [-0.25, -0.2) is 18.2 Å². The first kappa shape index (κ1) is 18.6. The zero-order chi connectivity index (χ0) is 19.5. The standard InChI is InChI=1S/C21H20F3N3O/c22-16-3-5-18(6-4-16)27-9-1-8-26(10-11-27)13-17-14-28-21(25-17)15-2-7-19(23)20(24)12-15/h2-7,12,14H,1,8-11,13H2. The molecule has 0 radical (unpaired) electrons. The molecule has 28 heavy (non-hydrogen) atoms. The predicted octanol–water partition coefficient (Wildman–Crippen LogP) is 4.47. The van der Waals surface area contributed by atoms with Crippen molar-refractivity contribution in [2.75, 3.05) is 31.1 Å². The largest absolute Gasteiger partial charge is 0.444 e. The Bertz CT molecular complexity index is 942. The molecular formula is C21H20F3N3O. The van der Waals surface area contributed by atoms with E-state index in [1.54, 1.807) is 18.4 Å². The van der Waals surface area contributed by atoms with E-state index in [1.165, 1.54) is 18.2 Å². The molecule has 3 aromatic rings. The number of oxazole rings is 1. The van der Waals surface area contributed by atoms with Crippen LogP contribution < -0.4 is 4.90 Å². The summed E-state index contributed by atoms with van der Waals surface area (Å²) >= 11 is 0. The van der Waals surface area contributed by atoms with Crippen LogP contribution in [0.2, 0.25) is 0 Å². The van der Waals surface area contributed by atoms with Crippen molar-refractivity contribution in [1.82, 2.24) is 9.88 Å². The predicted molar refractivity (Wildman–Crippen MR) is 100 cm³/mol. The van der Waals surface area contributed by atoms with Gasteiger partial charge in [-0.2, -0.15) is 0 Å². The Morgan fingerprint density at radius 3 is 2.50 bits per heavy atom. The number of anilines is 1. The number of nitrogens with zero attached hydrogens (tertiary/aromatic N) is 3. The third-order valence-electron chi connectivity index (χ3n) is 4.88. The van der Waals surface area contributed by atoms with E-state index in [-0.39, 0.29) is 11.7 Å². The van der Waals surface area contributed by atoms with E-state index in [0.717, 1.165) is 56.1 Å². The molecule has 0 N–H and O–H groups in total. The van der Waals surface area contributed by atoms with Crippen LogP contribution in [0.25, 0.3) is 11.5 Å². The van der Waals surface area contributed by atoms with E-state index in [1.807, 2.05) is 0 Å². The highest BCUT2D eigenvalue weighted by Gasteiger charge is 2.17. The second-order valence-corrected chi connectivity index (χ2v) is 6.87. The van der Waals surface area contributed by atoms with Crippen LogP contribution in [0.3, 0.4) is 0 Å². The van der Waals surface area contributed by atoms with Gasteiger partial charge in [0.05, 0.1) is 5.69 Å². The van der Waals surface area contributed by atoms with Gasteiger partial charge in [0.2, 0.25) is 5.89 Å². The summed E-state index contributed by atoms with van der Waals surface area (Å²) in [5, 5.41) is 0. The molecular weight excluding hydrogens is 367 g/mol. The van der Waals surface area contributed by atoms with Crippen LogP contribution in [0, 0.1) is 17.5 Å². The monoisotopic (exact) mass is 387 g/mol. The molecule has 4 nitrogen and oxygen atoms in total. The summed E-state index contributed by atoms with van der Waals surface area (Å²) < 4.78 is 45.1. The zero-order valence-electron chi connectivity index (χ0n) is 15.2. The highest BCUT2D eigenvalue weighted by Crippen LogP contribution is 2.22. The molecule has 1 aliphatic heterocycles. The van der Waals surface area contributed by atoms with Gasteiger partial charge in [-0.1, -0.05) is 0 Å². The first-order valence-electron chi connectivity index (χ1n) is 9.21. The fourth-order valence-electron chi connectivity index (χ4n) is 3.41. The molecule has 0 spiro atoms. The van der Waals surface area contributed by atoms with Gasteiger partial charge in [0.25, 0.3) is 0 Å². The molecule has 1 aromatic heterocycles. The molecule has 146 valence electrons. The summed E-state index contributed by atoms with van der Waals surface area (Å²) in [6, 6.07) is 10.2. The van der Waals surface area contributed by atoms with Crippen molar-refractivity contribution >= 4 is 5.69 Å². The minimum absolute atomic E-state index is 0.233. The van der Waals surface area contributed by atoms with Gasteiger partial charge in [-0.05, 0) is 48.9 Å². The first-order valence-corrected chi connectivity index (χ1v) is 9.21. The van der Waals surface area contributed by atoms with Gasteiger partial charge in [-0.15, -0.1) is 0 Å². The molecule has 1 saturated heterocycles. The highest BCUT2D eigenvalue weighted by molar-refractivity contribution is 5.53. The molecule has 1 aliphatic rings. The van der Waals surface area contributed by atoms with Crippen molar-refractivity contribution in [2.45, 2.75) is 13.0 Å². The fourth-order valence-corrected chi connectivity index (χ4v) is 3.41. The van der Waals surface area contributed by atoms with Crippen LogP contribution in [0.4, 0.5) is 18.9 Å². The molecule has 0 atom stereocenters. The maximum absolute atomic E-state index is 13.4. The van der Waals surface area contributed by atoms with E-state index in [4.69, 9.17) is 4.42 Å². The first-order chi connectivity index (χ1) is 13.6. The lowest BCUT2D eigenvalue weighted by molar-refractivity contribution is 0.282. The van der Waals surface area contributed by atoms with Crippen LogP contribution in [0.5, 0.6) is 0 Å². The minimum Gasteiger partial charge on any atom is -0.444 e. The van der Waals surface area contributed by atoms with Crippen LogP contribution in [0.15, 0.2) is 53.1 Å². The van der Waals surface area contributed by atoms with Crippen molar-refractivity contribution < 1.29 is 17.6 Å². The molecule has 7 heteroatoms. The maximum Gasteiger partial charge on any atom is 0.226 e. The summed E-state index contributed by atoms with van der Waals surface area (Å²) in [6.45, 7) is 4.10. The normalized spacial score (nSPS) is 15.6. The van der Waals surface area contributed by atoms with Gasteiger partial charge in [0.15, 0.2) is 11.6 Å². The Morgan fingerprint density at radius 2 is 1.71 bits per heavy atom. The Kier molecular flexibility index (Phi) is 5.34. The summed E-state index contributed by atoms with van der Waals surface area (Å²) in [4.78, 5) is 8.93. The lowest BCUT2D eigenvalue weighted by Crippen LogP contribution is -2.30. The van der Waals surface area contributed by atoms with Crippen LogP contribution >= 0.6 is 0 Å². The Morgan fingerprint density at radius 1 is 0.893 bits per heavy atom. The summed E-state index contributed by atoms with van der Waals surface area (Å²) in [5.74, 6) is -1.78. The maximum atomic E-state index is 13.4. The number of benzene rings is 2. The van der Waals surface area contributed by atoms with E-state index < -0.39 is 11.6 Å². The molecule has 0 saturated carbocycles. The molecule has 2 aromatic carbocycles. The van der Waals surface area contributed by atoms with Gasteiger partial charge in [0, 0.05) is 44.0 Å². The molecule has 4 rings (SSSR count). The van der Waals surface area contributed by atoms with Crippen LogP contribution in [0.1, 0.15) is 12.1 Å². The topological polar surface area (TPSA) is 32.5 Å². The van der Waals surface area contributed by atoms with Gasteiger partial charge in [0.1, 0.15) is 12.1 Å². The van der Waals surface area contributed by atoms with E-state index >= 15 is 0 Å². The summed E-state index contributed by atoms with van der Waals surface area (Å²) in [5.41, 5.74) is 2.17. The Balaban J connectivity index is 1.39. The van der Waals surface area contributed by atoms with E-state index in [2.05, 4.69) is 14.8 Å². The van der Waals surface area contributed by atoms with Crippen molar-refractivity contribution in [3.63, 3.8) is 0 Å². The second kappa shape index (κ2) is 8.06. The molecule has 0 aliphatic carbocycles. The van der Waals surface area contributed by atoms with E-state index in [9.17, 15) is 13.2 Å². The molecule has 1 fully saturated rings. The van der Waals surface area contributed by atoms with Crippen LogP contribution in [-0.4, -0.2) is 36.1 Å². The average Bonchev–Trinajstić information content (AvgIpc) is 3.03. The average molecular weight is 387 g/mol. The molecule has 0 amide bonds. The van der Waals surface area contributed by atoms with Gasteiger partial charge < -0.3 is 9.32 Å². The number of aromatic nitrogens is 1. The molecule has 0 unspecified atom stereocenters. The smallest absolute Gasteiger partial charge is 0.226 e. The Hall–Kier alpha value is -2.80. The number of rotatable bonds is 4. The zero-order valence-corrected chi connectivity index (χ0v) is 15.2. The van der Waals surface area contributed by atoms with Crippen molar-refractivity contribution in [3.8, 4) is 11.5 Å². The third kappa shape index (κ3) is 4.20. The van der Waals surface area contributed by atoms with Crippen LogP contribution in [-0.2, 0) is 6.54 Å². The van der Waals surface area contributed by atoms with Gasteiger partial charge >= 0.3 is 0 Å². The summed E-state index contributed by atoms with van der Waals surface area (Å²) in [7, 11) is 0. The third-order valence-corrected chi connectivity index (χ3v) is 4.88. The summed E-state index contributed by atoms with van der Waals surface area (Å²) in [6.07, 6.45) is 2.53. The SMILES string of the molecule is Fc1ccc(N2CCCN(Cc3coc(-c4ccc(F)c(F)c4)n3)CC2)cc1. The number of hydrogen-bond donors (Lipinski definition) is 0. The lowest BCUT2D eigenvalue weighted by Gasteiger charge is -2.23. The minimum atomic E-state index is -0.925. The van der Waals surface area contributed by atoms with Gasteiger partial charge in [-0.3, -0.25) is 4.90 Å². The quantitative estimate of drug-likeness (QED) is 0.661. The molecule has 0 bridgehead atoms. The fraction of sp³-hybridized carbons (Fsp3) is 0.286. The van der Waals surface area contributed by atoms with Crippen molar-refractivity contribution in [1.29, 1.82) is 0 Å².